The highest BCUT2D eigenvalue weighted by molar-refractivity contribution is 7.80. The van der Waals surface area contributed by atoms with Gasteiger partial charge in [0.1, 0.15) is 0 Å². The van der Waals surface area contributed by atoms with Gasteiger partial charge in [0.15, 0.2) is 5.11 Å². The van der Waals surface area contributed by atoms with E-state index in [-0.39, 0.29) is 0 Å². The van der Waals surface area contributed by atoms with E-state index in [9.17, 15) is 0 Å². The van der Waals surface area contributed by atoms with Gasteiger partial charge in [-0.15, -0.1) is 0 Å². The molecule has 3 heteroatoms. The van der Waals surface area contributed by atoms with Crippen molar-refractivity contribution in [1.29, 1.82) is 0 Å². The molecule has 0 aromatic heterocycles. The van der Waals surface area contributed by atoms with Gasteiger partial charge in [-0.05, 0) is 43.3 Å². The summed E-state index contributed by atoms with van der Waals surface area (Å²) >= 11 is 5.43. The van der Waals surface area contributed by atoms with Gasteiger partial charge in [-0.1, -0.05) is 45.4 Å². The Balaban J connectivity index is 1.67. The molecule has 0 bridgehead atoms. The van der Waals surface area contributed by atoms with Crippen LogP contribution >= 0.6 is 12.2 Å². The van der Waals surface area contributed by atoms with Crippen molar-refractivity contribution >= 4 is 17.3 Å². The van der Waals surface area contributed by atoms with E-state index >= 15 is 0 Å². The molecule has 0 unspecified atom stereocenters. The summed E-state index contributed by atoms with van der Waals surface area (Å²) in [6.07, 6.45) is 13.6. The third-order valence-corrected chi connectivity index (χ3v) is 4.94. The average Bonchev–Trinajstić information content (AvgIpc) is 2.39. The summed E-state index contributed by atoms with van der Waals surface area (Å²) in [6.45, 7) is 3.45. The van der Waals surface area contributed by atoms with Crippen LogP contribution in [0.15, 0.2) is 0 Å². The largest absolute Gasteiger partial charge is 0.362 e. The predicted octanol–water partition coefficient (Wildman–Crippen LogP) is 3.75. The average molecular weight is 268 g/mol. The Bertz CT molecular complexity index is 266. The normalized spacial score (nSPS) is 24.5. The summed E-state index contributed by atoms with van der Waals surface area (Å²) in [5.74, 6) is 0. The van der Waals surface area contributed by atoms with E-state index in [1.54, 1.807) is 0 Å². The summed E-state index contributed by atoms with van der Waals surface area (Å²) in [7, 11) is 0. The van der Waals surface area contributed by atoms with Crippen molar-refractivity contribution in [2.45, 2.75) is 77.2 Å². The molecule has 2 aliphatic rings. The number of hydrogen-bond acceptors (Lipinski definition) is 1. The second-order valence-electron chi connectivity index (χ2n) is 6.53. The Kier molecular flexibility index (Phi) is 5.28. The zero-order chi connectivity index (χ0) is 12.8. The molecule has 104 valence electrons. The Morgan fingerprint density at radius 1 is 1.06 bits per heavy atom. The van der Waals surface area contributed by atoms with E-state index in [2.05, 4.69) is 17.6 Å². The molecule has 0 aromatic carbocycles. The van der Waals surface area contributed by atoms with Crippen LogP contribution in [-0.4, -0.2) is 17.7 Å². The molecule has 2 N–H and O–H groups in total. The smallest absolute Gasteiger partial charge is 0.166 e. The first-order chi connectivity index (χ1) is 8.68. The van der Waals surface area contributed by atoms with E-state index in [0.29, 0.717) is 11.5 Å². The van der Waals surface area contributed by atoms with Gasteiger partial charge >= 0.3 is 0 Å². The lowest BCUT2D eigenvalue weighted by Gasteiger charge is -2.34. The fourth-order valence-electron chi connectivity index (χ4n) is 3.36. The number of rotatable bonds is 3. The van der Waals surface area contributed by atoms with Crippen LogP contribution in [0.1, 0.15) is 71.1 Å². The van der Waals surface area contributed by atoms with E-state index in [1.165, 1.54) is 64.2 Å². The van der Waals surface area contributed by atoms with Gasteiger partial charge in [0.2, 0.25) is 0 Å². The molecule has 0 atom stereocenters. The molecule has 2 aliphatic carbocycles. The summed E-state index contributed by atoms with van der Waals surface area (Å²) in [6, 6.07) is 0.623. The van der Waals surface area contributed by atoms with Gasteiger partial charge in [-0.25, -0.2) is 0 Å². The van der Waals surface area contributed by atoms with E-state index < -0.39 is 0 Å². The molecule has 0 spiro atoms. The topological polar surface area (TPSA) is 24.1 Å². The highest BCUT2D eigenvalue weighted by Gasteiger charge is 2.26. The van der Waals surface area contributed by atoms with Crippen LogP contribution in [0.25, 0.3) is 0 Å². The van der Waals surface area contributed by atoms with E-state index in [1.807, 2.05) is 0 Å². The number of hydrogen-bond donors (Lipinski definition) is 2. The first kappa shape index (κ1) is 14.1. The first-order valence-corrected chi connectivity index (χ1v) is 8.13. The highest BCUT2D eigenvalue weighted by Crippen LogP contribution is 2.34. The third kappa shape index (κ3) is 4.42. The van der Waals surface area contributed by atoms with Crippen LogP contribution in [0.3, 0.4) is 0 Å². The predicted molar refractivity (Wildman–Crippen MR) is 81.8 cm³/mol. The quantitative estimate of drug-likeness (QED) is 0.762. The monoisotopic (exact) mass is 268 g/mol. The molecule has 0 aromatic rings. The lowest BCUT2D eigenvalue weighted by Crippen LogP contribution is -2.46. The maximum atomic E-state index is 5.43. The molecule has 2 fully saturated rings. The Morgan fingerprint density at radius 3 is 2.33 bits per heavy atom. The lowest BCUT2D eigenvalue weighted by atomic mass is 9.76. The molecule has 18 heavy (non-hydrogen) atoms. The Morgan fingerprint density at radius 2 is 1.67 bits per heavy atom. The van der Waals surface area contributed by atoms with Crippen molar-refractivity contribution in [2.24, 2.45) is 5.41 Å². The van der Waals surface area contributed by atoms with Crippen molar-refractivity contribution in [3.05, 3.63) is 0 Å². The third-order valence-electron chi connectivity index (χ3n) is 4.68. The molecule has 0 aliphatic heterocycles. The number of nitrogens with one attached hydrogen (secondary N) is 2. The highest BCUT2D eigenvalue weighted by atomic mass is 32.1. The maximum absolute atomic E-state index is 5.43. The van der Waals surface area contributed by atoms with Gasteiger partial charge in [0, 0.05) is 12.6 Å². The van der Waals surface area contributed by atoms with Gasteiger partial charge < -0.3 is 10.6 Å². The van der Waals surface area contributed by atoms with Crippen molar-refractivity contribution in [3.8, 4) is 0 Å². The summed E-state index contributed by atoms with van der Waals surface area (Å²) < 4.78 is 0. The molecular weight excluding hydrogens is 240 g/mol. The second-order valence-corrected chi connectivity index (χ2v) is 6.94. The lowest BCUT2D eigenvalue weighted by molar-refractivity contribution is 0.217. The fourth-order valence-corrected chi connectivity index (χ4v) is 3.60. The summed E-state index contributed by atoms with van der Waals surface area (Å²) in [4.78, 5) is 0. The number of thiocarbonyl (C=S) groups is 1. The molecule has 2 saturated carbocycles. The SMILES string of the molecule is CC1(CNC(=S)NC2CCCCC2)CCCCC1. The van der Waals surface area contributed by atoms with E-state index in [0.717, 1.165) is 11.7 Å². The van der Waals surface area contributed by atoms with Gasteiger partial charge in [0.25, 0.3) is 0 Å². The maximum Gasteiger partial charge on any atom is 0.166 e. The van der Waals surface area contributed by atoms with Crippen LogP contribution in [0.4, 0.5) is 0 Å². The van der Waals surface area contributed by atoms with Gasteiger partial charge in [-0.2, -0.15) is 0 Å². The minimum Gasteiger partial charge on any atom is -0.362 e. The fraction of sp³-hybridized carbons (Fsp3) is 0.933. The molecule has 0 amide bonds. The summed E-state index contributed by atoms with van der Waals surface area (Å²) in [5.41, 5.74) is 0.469. The van der Waals surface area contributed by atoms with Crippen molar-refractivity contribution < 1.29 is 0 Å². The second kappa shape index (κ2) is 6.74. The molecule has 0 radical (unpaired) electrons. The van der Waals surface area contributed by atoms with Crippen LogP contribution in [0.2, 0.25) is 0 Å². The van der Waals surface area contributed by atoms with Gasteiger partial charge in [-0.3, -0.25) is 0 Å². The molecule has 0 saturated heterocycles. The van der Waals surface area contributed by atoms with Gasteiger partial charge in [0.05, 0.1) is 0 Å². The Hall–Kier alpha value is -0.310. The van der Waals surface area contributed by atoms with Crippen LogP contribution in [-0.2, 0) is 0 Å². The molecular formula is C15H28N2S. The van der Waals surface area contributed by atoms with Crippen LogP contribution in [0, 0.1) is 5.41 Å². The van der Waals surface area contributed by atoms with Crippen molar-refractivity contribution in [1.82, 2.24) is 10.6 Å². The minimum absolute atomic E-state index is 0.469. The zero-order valence-electron chi connectivity index (χ0n) is 11.8. The van der Waals surface area contributed by atoms with E-state index in [4.69, 9.17) is 12.2 Å². The standard InChI is InChI=1S/C15H28N2S/c1-15(10-6-3-7-11-15)12-16-14(18)17-13-8-4-2-5-9-13/h13H,2-12H2,1H3,(H2,16,17,18). The van der Waals surface area contributed by atoms with Crippen molar-refractivity contribution in [3.63, 3.8) is 0 Å². The van der Waals surface area contributed by atoms with Crippen LogP contribution < -0.4 is 10.6 Å². The minimum atomic E-state index is 0.469. The van der Waals surface area contributed by atoms with Crippen LogP contribution in [0.5, 0.6) is 0 Å². The zero-order valence-corrected chi connectivity index (χ0v) is 12.6. The van der Waals surface area contributed by atoms with Crippen molar-refractivity contribution in [2.75, 3.05) is 6.54 Å². The molecule has 2 nitrogen and oxygen atoms in total. The molecule has 0 heterocycles. The first-order valence-electron chi connectivity index (χ1n) is 7.72. The molecule has 2 rings (SSSR count). The summed E-state index contributed by atoms with van der Waals surface area (Å²) in [5, 5.41) is 7.84. The Labute approximate surface area is 117 Å².